The monoisotopic (exact) mass is 586 g/mol. The van der Waals surface area contributed by atoms with Gasteiger partial charge >= 0.3 is 0 Å². The summed E-state index contributed by atoms with van der Waals surface area (Å²) in [6.45, 7) is 1.71. The number of imide groups is 2. The van der Waals surface area contributed by atoms with E-state index in [2.05, 4.69) is 21.2 Å². The molecule has 0 aromatic heterocycles. The number of amides is 4. The number of phenolic OH excluding ortho intramolecular Hbond substituents is 1. The van der Waals surface area contributed by atoms with Crippen LogP contribution in [-0.2, 0) is 19.2 Å². The summed E-state index contributed by atoms with van der Waals surface area (Å²) in [5.74, 6) is -5.69. The summed E-state index contributed by atoms with van der Waals surface area (Å²) in [7, 11) is 0. The molecular formula is C27H21BrClFN2O5. The van der Waals surface area contributed by atoms with Crippen LogP contribution in [0.1, 0.15) is 31.2 Å². The molecule has 4 amide bonds. The predicted octanol–water partition coefficient (Wildman–Crippen LogP) is 4.47. The van der Waals surface area contributed by atoms with Gasteiger partial charge < -0.3 is 5.11 Å². The van der Waals surface area contributed by atoms with Crippen LogP contribution in [0, 0.1) is 34.9 Å². The van der Waals surface area contributed by atoms with Gasteiger partial charge in [0.25, 0.3) is 0 Å². The number of nitrogens with one attached hydrogen (secondary N) is 1. The number of halogens is 3. The van der Waals surface area contributed by atoms with Gasteiger partial charge in [0.2, 0.25) is 23.6 Å². The van der Waals surface area contributed by atoms with Gasteiger partial charge in [-0.05, 0) is 62.1 Å². The fourth-order valence-corrected chi connectivity index (χ4v) is 7.45. The van der Waals surface area contributed by atoms with Gasteiger partial charge in [0.1, 0.15) is 11.6 Å². The van der Waals surface area contributed by atoms with Crippen molar-refractivity contribution in [1.29, 1.82) is 0 Å². The second kappa shape index (κ2) is 8.23. The van der Waals surface area contributed by atoms with E-state index >= 15 is 0 Å². The van der Waals surface area contributed by atoms with E-state index in [0.717, 1.165) is 16.5 Å². The Morgan fingerprint density at radius 3 is 2.59 bits per heavy atom. The molecule has 2 heterocycles. The van der Waals surface area contributed by atoms with Crippen molar-refractivity contribution in [2.45, 2.75) is 25.7 Å². The van der Waals surface area contributed by atoms with Gasteiger partial charge in [-0.2, -0.15) is 0 Å². The van der Waals surface area contributed by atoms with Crippen LogP contribution >= 0.6 is 27.5 Å². The Hall–Kier alpha value is -3.04. The highest BCUT2D eigenvalue weighted by atomic mass is 79.9. The smallest absolute Gasteiger partial charge is 0.241 e. The Bertz CT molecular complexity index is 1460. The fraction of sp³-hybridized carbons (Fsp3) is 0.333. The van der Waals surface area contributed by atoms with Gasteiger partial charge in [0.05, 0.1) is 33.9 Å². The van der Waals surface area contributed by atoms with E-state index in [4.69, 9.17) is 11.6 Å². The molecular weight excluding hydrogens is 567 g/mol. The average Bonchev–Trinajstić information content (AvgIpc) is 3.25. The summed E-state index contributed by atoms with van der Waals surface area (Å²) < 4.78 is 14.6. The van der Waals surface area contributed by atoms with Crippen LogP contribution < -0.4 is 10.2 Å². The summed E-state index contributed by atoms with van der Waals surface area (Å²) in [6, 6.07) is 8.56. The van der Waals surface area contributed by atoms with Gasteiger partial charge in [-0.3, -0.25) is 24.5 Å². The lowest BCUT2D eigenvalue weighted by Crippen LogP contribution is -2.48. The number of carbonyl (C=O) groups excluding carboxylic acids is 4. The fourth-order valence-electron chi connectivity index (χ4n) is 6.90. The number of hydrogen-bond donors (Lipinski definition) is 2. The molecule has 0 spiro atoms. The minimum absolute atomic E-state index is 0.0488. The summed E-state index contributed by atoms with van der Waals surface area (Å²) in [5, 5.41) is 13.1. The molecule has 7 nitrogen and oxygen atoms in total. The van der Waals surface area contributed by atoms with Gasteiger partial charge in [-0.25, -0.2) is 9.29 Å². The van der Waals surface area contributed by atoms with E-state index in [0.29, 0.717) is 16.5 Å². The first-order chi connectivity index (χ1) is 17.5. The summed E-state index contributed by atoms with van der Waals surface area (Å²) >= 11 is 9.42. The topological polar surface area (TPSA) is 104 Å². The molecule has 2 aromatic rings. The van der Waals surface area contributed by atoms with E-state index in [-0.39, 0.29) is 34.7 Å². The Morgan fingerprint density at radius 1 is 1.11 bits per heavy atom. The summed E-state index contributed by atoms with van der Waals surface area (Å²) in [5.41, 5.74) is 0.0437. The van der Waals surface area contributed by atoms with Gasteiger partial charge in [-0.15, -0.1) is 0 Å². The third-order valence-corrected chi connectivity index (χ3v) is 9.36. The number of hydrogen-bond acceptors (Lipinski definition) is 5. The highest BCUT2D eigenvalue weighted by Crippen LogP contribution is 2.64. The number of phenols is 1. The maximum atomic E-state index is 14.2. The van der Waals surface area contributed by atoms with E-state index in [1.54, 1.807) is 19.1 Å². The lowest BCUT2D eigenvalue weighted by Gasteiger charge is -2.49. The molecule has 6 rings (SSSR count). The predicted molar refractivity (Wildman–Crippen MR) is 135 cm³/mol. The quantitative estimate of drug-likeness (QED) is 0.399. The molecule has 10 heteroatoms. The van der Waals surface area contributed by atoms with Crippen LogP contribution in [0.4, 0.5) is 10.1 Å². The van der Waals surface area contributed by atoms with E-state index in [1.807, 2.05) is 6.08 Å². The first kappa shape index (κ1) is 24.3. The minimum atomic E-state index is -1.32. The summed E-state index contributed by atoms with van der Waals surface area (Å²) in [6.07, 6.45) is 2.40. The molecule has 4 aliphatic rings. The van der Waals surface area contributed by atoms with Crippen molar-refractivity contribution in [3.8, 4) is 5.75 Å². The SMILES string of the molecule is C[C@@]12C(=O)N(c3ccc(F)c(Cl)c3)C(=O)[C@@H]1C[C@@H]1C(=CC[C@@H]3C(=O)NC(=O)[C@@H]31)[C@@H]2c1cc(Br)ccc1O. The number of anilines is 1. The van der Waals surface area contributed by atoms with E-state index < -0.39 is 52.6 Å². The van der Waals surface area contributed by atoms with Crippen molar-refractivity contribution < 1.29 is 28.7 Å². The normalized spacial score (nSPS) is 32.6. The molecule has 190 valence electrons. The van der Waals surface area contributed by atoms with Crippen molar-refractivity contribution in [3.05, 3.63) is 68.9 Å². The van der Waals surface area contributed by atoms with Gasteiger partial charge in [0.15, 0.2) is 0 Å². The van der Waals surface area contributed by atoms with Crippen molar-refractivity contribution in [2.75, 3.05) is 4.90 Å². The lowest BCUT2D eigenvalue weighted by molar-refractivity contribution is -0.131. The van der Waals surface area contributed by atoms with E-state index in [9.17, 15) is 28.7 Å². The molecule has 3 fully saturated rings. The van der Waals surface area contributed by atoms with E-state index in [1.165, 1.54) is 18.2 Å². The largest absolute Gasteiger partial charge is 0.508 e. The third kappa shape index (κ3) is 3.29. The molecule has 1 saturated carbocycles. The number of allylic oxidation sites excluding steroid dienone is 2. The highest BCUT2D eigenvalue weighted by molar-refractivity contribution is 9.10. The molecule has 0 bridgehead atoms. The number of carbonyl (C=O) groups is 4. The van der Waals surface area contributed by atoms with Crippen LogP contribution in [0.25, 0.3) is 0 Å². The van der Waals surface area contributed by atoms with Crippen molar-refractivity contribution in [3.63, 3.8) is 0 Å². The zero-order valence-corrected chi connectivity index (χ0v) is 21.8. The molecule has 2 N–H and O–H groups in total. The lowest BCUT2D eigenvalue weighted by atomic mass is 9.51. The first-order valence-electron chi connectivity index (χ1n) is 11.9. The number of nitrogens with zero attached hydrogens (tertiary/aromatic N) is 1. The molecule has 2 aromatic carbocycles. The second-order valence-corrected chi connectivity index (χ2v) is 11.6. The Kier molecular flexibility index (Phi) is 5.41. The zero-order chi connectivity index (χ0) is 26.4. The first-order valence-corrected chi connectivity index (χ1v) is 13.1. The van der Waals surface area contributed by atoms with Gasteiger partial charge in [-0.1, -0.05) is 39.2 Å². The second-order valence-electron chi connectivity index (χ2n) is 10.3. The van der Waals surface area contributed by atoms with Crippen molar-refractivity contribution in [1.82, 2.24) is 5.32 Å². The molecule has 2 aliphatic heterocycles. The van der Waals surface area contributed by atoms with Crippen LogP contribution in [0.5, 0.6) is 5.75 Å². The Labute approximate surface area is 224 Å². The summed E-state index contributed by atoms with van der Waals surface area (Å²) in [4.78, 5) is 54.5. The standard InChI is InChI=1S/C27H21BrClFN2O5/c1-27-17(25(36)32(26(27)37)12-3-6-19(30)18(29)9-12)10-15-13(4-5-14-21(15)24(35)31-23(14)34)22(27)16-8-11(28)2-7-20(16)33/h2-4,6-9,14-15,17,21-22,33H,5,10H2,1H3,(H,31,34,35)/t14-,15+,17-,21-,22+,27+/m0/s1. The van der Waals surface area contributed by atoms with Crippen LogP contribution in [-0.4, -0.2) is 28.7 Å². The number of aromatic hydroxyl groups is 1. The molecule has 6 atom stereocenters. The van der Waals surface area contributed by atoms with Crippen LogP contribution in [0.2, 0.25) is 5.02 Å². The Morgan fingerprint density at radius 2 is 1.86 bits per heavy atom. The van der Waals surface area contributed by atoms with Gasteiger partial charge in [0, 0.05) is 16.0 Å². The third-order valence-electron chi connectivity index (χ3n) is 8.58. The number of benzene rings is 2. The maximum Gasteiger partial charge on any atom is 0.241 e. The molecule has 2 saturated heterocycles. The zero-order valence-electron chi connectivity index (χ0n) is 19.5. The Balaban J connectivity index is 1.56. The van der Waals surface area contributed by atoms with Crippen molar-refractivity contribution >= 4 is 56.8 Å². The number of rotatable bonds is 2. The van der Waals surface area contributed by atoms with Crippen molar-refractivity contribution in [2.24, 2.45) is 29.1 Å². The molecule has 0 radical (unpaired) electrons. The average molecular weight is 588 g/mol. The molecule has 0 unspecified atom stereocenters. The number of fused-ring (bicyclic) bond motifs is 4. The maximum absolute atomic E-state index is 14.2. The van der Waals surface area contributed by atoms with Crippen LogP contribution in [0.3, 0.4) is 0 Å². The molecule has 37 heavy (non-hydrogen) atoms. The highest BCUT2D eigenvalue weighted by Gasteiger charge is 2.67. The minimum Gasteiger partial charge on any atom is -0.508 e. The van der Waals surface area contributed by atoms with Crippen LogP contribution in [0.15, 0.2) is 52.5 Å². The molecule has 2 aliphatic carbocycles.